The number of hydrogen-bond acceptors (Lipinski definition) is 3. The number of benzene rings is 3. The molecule has 3 rings (SSSR count). The lowest BCUT2D eigenvalue weighted by Gasteiger charge is -2.23. The Balaban J connectivity index is 0.00000225. The Bertz CT molecular complexity index is 914. The van der Waals surface area contributed by atoms with Gasteiger partial charge in [-0.25, -0.2) is 4.79 Å². The molecule has 0 radical (unpaired) electrons. The van der Waals surface area contributed by atoms with E-state index in [-0.39, 0.29) is 24.6 Å². The number of fused-ring (bicyclic) bond motifs is 3. The van der Waals surface area contributed by atoms with Crippen LogP contribution in [0.2, 0.25) is 0 Å². The molecule has 0 spiro atoms. The van der Waals surface area contributed by atoms with Crippen LogP contribution in [0.3, 0.4) is 0 Å². The van der Waals surface area contributed by atoms with Gasteiger partial charge in [0.1, 0.15) is 6.04 Å². The van der Waals surface area contributed by atoms with E-state index in [9.17, 15) is 13.6 Å². The minimum Gasteiger partial charge on any atom is -0.462 e. The van der Waals surface area contributed by atoms with Crippen LogP contribution in [0.5, 0.6) is 0 Å². The number of carbonyl (C=O) groups is 1. The van der Waals surface area contributed by atoms with Crippen LogP contribution in [0.4, 0.5) is 8.78 Å². The quantitative estimate of drug-likeness (QED) is 0.542. The molecule has 1 atom stereocenters. The SMILES string of the molecule is CCOC(=O)C(F)(F)[C@@H](N)c1cc2ccccc2c2ccccc12.Cl. The van der Waals surface area contributed by atoms with Gasteiger partial charge in [0.05, 0.1) is 6.61 Å². The Morgan fingerprint density at radius 1 is 1.08 bits per heavy atom. The van der Waals surface area contributed by atoms with Crippen LogP contribution in [0, 0.1) is 0 Å². The number of ether oxygens (including phenoxy) is 1. The number of halogens is 3. The Kier molecular flexibility index (Phi) is 5.60. The maximum atomic E-state index is 14.4. The van der Waals surface area contributed by atoms with Crippen molar-refractivity contribution in [3.8, 4) is 0 Å². The average Bonchev–Trinajstić information content (AvgIpc) is 2.60. The maximum Gasteiger partial charge on any atom is 0.379 e. The number of hydrogen-bond donors (Lipinski definition) is 1. The highest BCUT2D eigenvalue weighted by atomic mass is 35.5. The van der Waals surface area contributed by atoms with Crippen LogP contribution in [-0.4, -0.2) is 18.5 Å². The first-order valence-corrected chi connectivity index (χ1v) is 7.67. The summed E-state index contributed by atoms with van der Waals surface area (Å²) in [4.78, 5) is 11.6. The lowest BCUT2D eigenvalue weighted by molar-refractivity contribution is -0.174. The molecule has 0 aromatic heterocycles. The summed E-state index contributed by atoms with van der Waals surface area (Å²) in [5.41, 5.74) is 6.03. The van der Waals surface area contributed by atoms with Crippen molar-refractivity contribution in [2.45, 2.75) is 18.9 Å². The molecular weight excluding hydrogens is 348 g/mol. The lowest BCUT2D eigenvalue weighted by atomic mass is 9.91. The van der Waals surface area contributed by atoms with Gasteiger partial charge in [-0.05, 0) is 40.1 Å². The Morgan fingerprint density at radius 2 is 1.64 bits per heavy atom. The third-order valence-corrected chi connectivity index (χ3v) is 4.07. The summed E-state index contributed by atoms with van der Waals surface area (Å²) in [7, 11) is 0. The normalized spacial score (nSPS) is 12.6. The van der Waals surface area contributed by atoms with Crippen LogP contribution in [0.25, 0.3) is 21.5 Å². The molecule has 0 aliphatic heterocycles. The molecule has 0 bridgehead atoms. The molecule has 132 valence electrons. The first-order chi connectivity index (χ1) is 11.5. The van der Waals surface area contributed by atoms with Crippen LogP contribution >= 0.6 is 12.4 Å². The molecule has 0 amide bonds. The highest BCUT2D eigenvalue weighted by Crippen LogP contribution is 2.37. The predicted molar refractivity (Wildman–Crippen MR) is 97.2 cm³/mol. The van der Waals surface area contributed by atoms with Crippen molar-refractivity contribution in [1.82, 2.24) is 0 Å². The zero-order chi connectivity index (χ0) is 17.3. The standard InChI is InChI=1S/C19H17F2NO2.ClH/c1-2-24-18(23)19(20,21)17(22)16-11-12-7-3-4-8-13(12)14-9-5-6-10-15(14)16;/h3-11,17H,2,22H2,1H3;1H/t17-;/m0./s1. The first-order valence-electron chi connectivity index (χ1n) is 7.67. The van der Waals surface area contributed by atoms with E-state index in [4.69, 9.17) is 5.73 Å². The molecule has 3 aromatic rings. The van der Waals surface area contributed by atoms with Crippen LogP contribution < -0.4 is 5.73 Å². The molecule has 3 nitrogen and oxygen atoms in total. The summed E-state index contributed by atoms with van der Waals surface area (Å²) in [5, 5.41) is 3.16. The second kappa shape index (κ2) is 7.33. The highest BCUT2D eigenvalue weighted by molar-refractivity contribution is 6.09. The minimum absolute atomic E-state index is 0. The van der Waals surface area contributed by atoms with Crippen molar-refractivity contribution >= 4 is 39.9 Å². The van der Waals surface area contributed by atoms with Gasteiger partial charge in [0.2, 0.25) is 0 Å². The van der Waals surface area contributed by atoms with Gasteiger partial charge in [0.25, 0.3) is 0 Å². The van der Waals surface area contributed by atoms with Gasteiger partial charge in [-0.2, -0.15) is 8.78 Å². The van der Waals surface area contributed by atoms with E-state index in [2.05, 4.69) is 4.74 Å². The number of esters is 1. The minimum atomic E-state index is -3.80. The molecule has 0 saturated heterocycles. The lowest BCUT2D eigenvalue weighted by Crippen LogP contribution is -2.41. The molecular formula is C19H18ClF2NO2. The predicted octanol–water partition coefficient (Wildman–Crippen LogP) is 4.61. The van der Waals surface area contributed by atoms with Crippen molar-refractivity contribution in [3.05, 3.63) is 60.2 Å². The second-order valence-corrected chi connectivity index (χ2v) is 5.55. The highest BCUT2D eigenvalue weighted by Gasteiger charge is 2.48. The second-order valence-electron chi connectivity index (χ2n) is 5.55. The fourth-order valence-corrected chi connectivity index (χ4v) is 2.89. The molecule has 2 N–H and O–H groups in total. The van der Waals surface area contributed by atoms with E-state index < -0.39 is 17.9 Å². The fraction of sp³-hybridized carbons (Fsp3) is 0.211. The molecule has 0 aliphatic carbocycles. The fourth-order valence-electron chi connectivity index (χ4n) is 2.89. The molecule has 0 unspecified atom stereocenters. The van der Waals surface area contributed by atoms with E-state index in [0.717, 1.165) is 16.2 Å². The van der Waals surface area contributed by atoms with Crippen molar-refractivity contribution < 1.29 is 18.3 Å². The monoisotopic (exact) mass is 365 g/mol. The third kappa shape index (κ3) is 3.30. The Morgan fingerprint density at radius 3 is 2.28 bits per heavy atom. The molecule has 0 heterocycles. The molecule has 6 heteroatoms. The van der Waals surface area contributed by atoms with E-state index in [1.165, 1.54) is 6.92 Å². The van der Waals surface area contributed by atoms with Gasteiger partial charge >= 0.3 is 11.9 Å². The zero-order valence-electron chi connectivity index (χ0n) is 13.5. The van der Waals surface area contributed by atoms with Crippen molar-refractivity contribution in [2.75, 3.05) is 6.61 Å². The van der Waals surface area contributed by atoms with E-state index in [1.54, 1.807) is 18.2 Å². The van der Waals surface area contributed by atoms with E-state index >= 15 is 0 Å². The Hall–Kier alpha value is -2.24. The number of nitrogens with two attached hydrogens (primary N) is 1. The summed E-state index contributed by atoms with van der Waals surface area (Å²) < 4.78 is 33.3. The number of alkyl halides is 2. The van der Waals surface area contributed by atoms with Crippen molar-refractivity contribution in [2.24, 2.45) is 5.73 Å². The zero-order valence-corrected chi connectivity index (χ0v) is 14.4. The summed E-state index contributed by atoms with van der Waals surface area (Å²) >= 11 is 0. The van der Waals surface area contributed by atoms with Crippen molar-refractivity contribution in [1.29, 1.82) is 0 Å². The van der Waals surface area contributed by atoms with E-state index in [0.29, 0.717) is 5.39 Å². The largest absolute Gasteiger partial charge is 0.462 e. The molecule has 25 heavy (non-hydrogen) atoms. The maximum absolute atomic E-state index is 14.4. The summed E-state index contributed by atoms with van der Waals surface area (Å²) in [6.45, 7) is 1.35. The Labute approximate surface area is 150 Å². The van der Waals surface area contributed by atoms with Crippen LogP contribution in [0.15, 0.2) is 54.6 Å². The van der Waals surface area contributed by atoms with Gasteiger partial charge in [0.15, 0.2) is 0 Å². The number of rotatable bonds is 4. The van der Waals surface area contributed by atoms with Gasteiger partial charge in [-0.1, -0.05) is 48.5 Å². The van der Waals surface area contributed by atoms with Crippen LogP contribution in [0.1, 0.15) is 18.5 Å². The average molecular weight is 366 g/mol. The third-order valence-electron chi connectivity index (χ3n) is 4.07. The van der Waals surface area contributed by atoms with Gasteiger partial charge in [-0.15, -0.1) is 12.4 Å². The van der Waals surface area contributed by atoms with Crippen LogP contribution in [-0.2, 0) is 9.53 Å². The van der Waals surface area contributed by atoms with Crippen molar-refractivity contribution in [3.63, 3.8) is 0 Å². The summed E-state index contributed by atoms with van der Waals surface area (Å²) in [6, 6.07) is 14.5. The molecule has 3 aromatic carbocycles. The van der Waals surface area contributed by atoms with Gasteiger partial charge in [-0.3, -0.25) is 0 Å². The smallest absolute Gasteiger partial charge is 0.379 e. The molecule has 0 saturated carbocycles. The van der Waals surface area contributed by atoms with Gasteiger partial charge < -0.3 is 10.5 Å². The number of carbonyl (C=O) groups excluding carboxylic acids is 1. The van der Waals surface area contributed by atoms with E-state index in [1.807, 2.05) is 36.4 Å². The molecule has 0 fully saturated rings. The first kappa shape index (κ1) is 19.1. The van der Waals surface area contributed by atoms with Gasteiger partial charge in [0, 0.05) is 0 Å². The topological polar surface area (TPSA) is 52.3 Å². The summed E-state index contributed by atoms with van der Waals surface area (Å²) in [6.07, 6.45) is 0. The summed E-state index contributed by atoms with van der Waals surface area (Å²) in [5.74, 6) is -5.41. The molecule has 0 aliphatic rings.